The Balaban J connectivity index is 1.62. The van der Waals surface area contributed by atoms with Crippen LogP contribution in [0.3, 0.4) is 0 Å². The number of nitrogens with one attached hydrogen (secondary N) is 2. The molecule has 3 rings (SSSR count). The number of carboxylic acids is 1. The number of carbonyl (C=O) groups excluding carboxylic acids is 2. The number of hydrogen-bond donors (Lipinski definition) is 4. The highest BCUT2D eigenvalue weighted by Gasteiger charge is 2.54. The van der Waals surface area contributed by atoms with Gasteiger partial charge in [0.1, 0.15) is 11.5 Å². The smallest absolute Gasteiger partial charge is 0.407 e. The minimum atomic E-state index is -1.11. The first-order valence-electron chi connectivity index (χ1n) is 9.06. The molecule has 148 valence electrons. The zero-order chi connectivity index (χ0) is 19.6. The molecule has 0 bridgehead atoms. The summed E-state index contributed by atoms with van der Waals surface area (Å²) in [5, 5.41) is 24.2. The average Bonchev–Trinajstić information content (AvgIpc) is 3.21. The maximum atomic E-state index is 12.2. The number of ether oxygens (including phenoxy) is 1. The number of amidine groups is 1. The van der Waals surface area contributed by atoms with Gasteiger partial charge >= 0.3 is 12.1 Å². The number of aliphatic carboxylic acids is 1. The largest absolute Gasteiger partial charge is 0.477 e. The molecule has 0 aromatic rings. The van der Waals surface area contributed by atoms with Gasteiger partial charge in [-0.1, -0.05) is 0 Å². The van der Waals surface area contributed by atoms with E-state index in [2.05, 4.69) is 15.6 Å². The topological polar surface area (TPSA) is 141 Å². The number of nitrogens with zero attached hydrogens (tertiary/aromatic N) is 2. The zero-order valence-corrected chi connectivity index (χ0v) is 15.1. The second kappa shape index (κ2) is 7.95. The lowest BCUT2D eigenvalue weighted by Crippen LogP contribution is -2.58. The summed E-state index contributed by atoms with van der Waals surface area (Å²) >= 11 is 0. The molecule has 10 heteroatoms. The lowest BCUT2D eigenvalue weighted by Gasteiger charge is -2.43. The number of alkyl carbamates (subject to hydrolysis) is 1. The minimum absolute atomic E-state index is 0.0268. The van der Waals surface area contributed by atoms with Crippen LogP contribution in [0.5, 0.6) is 0 Å². The number of fused-ring (bicyclic) bond motifs is 1. The first kappa shape index (κ1) is 19.2. The molecule has 0 aliphatic carbocycles. The van der Waals surface area contributed by atoms with Crippen molar-refractivity contribution in [3.8, 4) is 0 Å². The summed E-state index contributed by atoms with van der Waals surface area (Å²) < 4.78 is 5.02. The minimum Gasteiger partial charge on any atom is -0.477 e. The third-order valence-corrected chi connectivity index (χ3v) is 5.05. The van der Waals surface area contributed by atoms with Crippen molar-refractivity contribution in [1.29, 1.82) is 0 Å². The van der Waals surface area contributed by atoms with Crippen LogP contribution in [0.15, 0.2) is 16.3 Å². The normalized spacial score (nSPS) is 26.3. The van der Waals surface area contributed by atoms with E-state index in [1.54, 1.807) is 6.92 Å². The lowest BCUT2D eigenvalue weighted by molar-refractivity contribution is -0.155. The Morgan fingerprint density at radius 3 is 2.89 bits per heavy atom. The monoisotopic (exact) mass is 380 g/mol. The van der Waals surface area contributed by atoms with Gasteiger partial charge in [0, 0.05) is 19.7 Å². The fourth-order valence-corrected chi connectivity index (χ4v) is 3.89. The van der Waals surface area contributed by atoms with Crippen LogP contribution in [0.2, 0.25) is 0 Å². The standard InChI is InChI=1S/C17H24N4O6/c1-2-18-17(26)27-8-13-19-7-10(20-13)5-9-6-12-11(3-4-22)15(23)21(12)14(9)16(24)25/h10-12,22H,2-8H2,1H3,(H,18,26)(H,19,20)(H,24,25)/t10-,11+,12-/m1/s1. The lowest BCUT2D eigenvalue weighted by atomic mass is 9.84. The molecule has 0 aromatic heterocycles. The Morgan fingerprint density at radius 2 is 2.22 bits per heavy atom. The number of amides is 2. The fourth-order valence-electron chi connectivity index (χ4n) is 3.89. The van der Waals surface area contributed by atoms with Crippen molar-refractivity contribution in [3.63, 3.8) is 0 Å². The van der Waals surface area contributed by atoms with Gasteiger partial charge < -0.3 is 30.5 Å². The predicted molar refractivity (Wildman–Crippen MR) is 94.0 cm³/mol. The number of aliphatic imine (C=N–C) groups is 1. The Kier molecular flexibility index (Phi) is 5.64. The molecule has 27 heavy (non-hydrogen) atoms. The number of hydrogen-bond acceptors (Lipinski definition) is 7. The van der Waals surface area contributed by atoms with Gasteiger partial charge in [-0.15, -0.1) is 0 Å². The fraction of sp³-hybridized carbons (Fsp3) is 0.647. The zero-order valence-electron chi connectivity index (χ0n) is 15.1. The van der Waals surface area contributed by atoms with Crippen molar-refractivity contribution in [2.24, 2.45) is 10.9 Å². The molecule has 10 nitrogen and oxygen atoms in total. The molecule has 1 saturated heterocycles. The summed E-state index contributed by atoms with van der Waals surface area (Å²) in [6.45, 7) is 2.71. The molecule has 0 spiro atoms. The van der Waals surface area contributed by atoms with E-state index in [-0.39, 0.29) is 42.8 Å². The Labute approximate surface area is 156 Å². The second-order valence-electron chi connectivity index (χ2n) is 6.78. The SMILES string of the molecule is CCNC(=O)OCC1=N[C@H](CC2=C(C(=O)O)N3C(=O)[C@@H](CCO)[C@H]3C2)CN1. The molecule has 3 heterocycles. The number of β-lactam (4-membered cyclic amide) rings is 1. The van der Waals surface area contributed by atoms with Gasteiger partial charge in [-0.25, -0.2) is 9.59 Å². The summed E-state index contributed by atoms with van der Waals surface area (Å²) in [7, 11) is 0. The molecule has 1 fully saturated rings. The number of aliphatic hydroxyl groups excluding tert-OH is 1. The highest BCUT2D eigenvalue weighted by atomic mass is 16.5. The number of rotatable bonds is 8. The Bertz CT molecular complexity index is 704. The second-order valence-corrected chi connectivity index (χ2v) is 6.78. The summed E-state index contributed by atoms with van der Waals surface area (Å²) in [4.78, 5) is 41.0. The van der Waals surface area contributed by atoms with E-state index in [9.17, 15) is 19.5 Å². The van der Waals surface area contributed by atoms with Crippen molar-refractivity contribution in [2.45, 2.75) is 38.3 Å². The molecule has 4 N–H and O–H groups in total. The van der Waals surface area contributed by atoms with Gasteiger partial charge in [-0.3, -0.25) is 9.79 Å². The van der Waals surface area contributed by atoms with Gasteiger partial charge in [-0.2, -0.15) is 0 Å². The third-order valence-electron chi connectivity index (χ3n) is 5.05. The molecular formula is C17H24N4O6. The first-order chi connectivity index (χ1) is 13.0. The van der Waals surface area contributed by atoms with E-state index in [1.165, 1.54) is 4.90 Å². The number of carbonyl (C=O) groups is 3. The van der Waals surface area contributed by atoms with Crippen LogP contribution < -0.4 is 10.6 Å². The van der Waals surface area contributed by atoms with Crippen LogP contribution in [0.25, 0.3) is 0 Å². The summed E-state index contributed by atoms with van der Waals surface area (Å²) in [6.07, 6.45) is 0.750. The van der Waals surface area contributed by atoms with Crippen molar-refractivity contribution in [1.82, 2.24) is 15.5 Å². The Hall–Kier alpha value is -2.62. The van der Waals surface area contributed by atoms with E-state index in [1.807, 2.05) is 0 Å². The van der Waals surface area contributed by atoms with Crippen molar-refractivity contribution in [2.75, 3.05) is 26.3 Å². The predicted octanol–water partition coefficient (Wildman–Crippen LogP) is -0.555. The van der Waals surface area contributed by atoms with E-state index < -0.39 is 12.1 Å². The highest BCUT2D eigenvalue weighted by Crippen LogP contribution is 2.44. The number of carboxylic acid groups (broad SMARTS) is 1. The van der Waals surface area contributed by atoms with Crippen LogP contribution in [0.4, 0.5) is 4.79 Å². The molecule has 0 saturated carbocycles. The molecular weight excluding hydrogens is 356 g/mol. The molecule has 3 aliphatic heterocycles. The molecule has 0 aromatic carbocycles. The number of aliphatic hydroxyl groups is 1. The first-order valence-corrected chi connectivity index (χ1v) is 9.06. The molecule has 3 atom stereocenters. The third kappa shape index (κ3) is 3.75. The maximum absolute atomic E-state index is 12.2. The molecule has 3 aliphatic rings. The van der Waals surface area contributed by atoms with Crippen molar-refractivity contribution < 1.29 is 29.3 Å². The van der Waals surface area contributed by atoms with Gasteiger partial charge in [-0.05, 0) is 31.8 Å². The van der Waals surface area contributed by atoms with Gasteiger partial charge in [0.15, 0.2) is 6.61 Å². The van der Waals surface area contributed by atoms with Crippen molar-refractivity contribution in [3.05, 3.63) is 11.3 Å². The quantitative estimate of drug-likeness (QED) is 0.414. The summed E-state index contributed by atoms with van der Waals surface area (Å²) in [5.41, 5.74) is 0.754. The molecule has 0 radical (unpaired) electrons. The van der Waals surface area contributed by atoms with E-state index in [0.29, 0.717) is 43.8 Å². The van der Waals surface area contributed by atoms with E-state index in [0.717, 1.165) is 0 Å². The van der Waals surface area contributed by atoms with Gasteiger partial charge in [0.2, 0.25) is 5.91 Å². The van der Waals surface area contributed by atoms with E-state index in [4.69, 9.17) is 9.84 Å². The van der Waals surface area contributed by atoms with Crippen LogP contribution in [0.1, 0.15) is 26.2 Å². The van der Waals surface area contributed by atoms with E-state index >= 15 is 0 Å². The highest BCUT2D eigenvalue weighted by molar-refractivity contribution is 5.99. The Morgan fingerprint density at radius 1 is 1.44 bits per heavy atom. The van der Waals surface area contributed by atoms with Gasteiger partial charge in [0.05, 0.1) is 18.0 Å². The van der Waals surface area contributed by atoms with Crippen LogP contribution >= 0.6 is 0 Å². The maximum Gasteiger partial charge on any atom is 0.407 e. The van der Waals surface area contributed by atoms with Crippen LogP contribution in [0, 0.1) is 5.92 Å². The summed E-state index contributed by atoms with van der Waals surface area (Å²) in [5.74, 6) is -1.11. The van der Waals surface area contributed by atoms with Crippen LogP contribution in [-0.4, -0.2) is 77.3 Å². The summed E-state index contributed by atoms with van der Waals surface area (Å²) in [6, 6.07) is -0.350. The van der Waals surface area contributed by atoms with Crippen LogP contribution in [-0.2, 0) is 14.3 Å². The molecule has 2 amide bonds. The average molecular weight is 380 g/mol. The van der Waals surface area contributed by atoms with Crippen molar-refractivity contribution >= 4 is 23.8 Å². The molecule has 0 unspecified atom stereocenters. The van der Waals surface area contributed by atoms with Gasteiger partial charge in [0.25, 0.3) is 0 Å².